The number of hydrogen-bond donors (Lipinski definition) is 1. The first-order valence-corrected chi connectivity index (χ1v) is 8.42. The van der Waals surface area contributed by atoms with Gasteiger partial charge in [-0.15, -0.1) is 0 Å². The Bertz CT molecular complexity index is 722. The van der Waals surface area contributed by atoms with E-state index in [4.69, 9.17) is 4.52 Å². The summed E-state index contributed by atoms with van der Waals surface area (Å²) in [6.07, 6.45) is 1.62. The lowest BCUT2D eigenvalue weighted by atomic mass is 9.96. The summed E-state index contributed by atoms with van der Waals surface area (Å²) in [5.74, 6) is 0.487. The van der Waals surface area contributed by atoms with Crippen LogP contribution in [0.3, 0.4) is 0 Å². The third-order valence-electron chi connectivity index (χ3n) is 3.72. The summed E-state index contributed by atoms with van der Waals surface area (Å²) in [7, 11) is -3.79. The van der Waals surface area contributed by atoms with Crippen LogP contribution in [0.5, 0.6) is 5.75 Å². The molecule has 0 bridgehead atoms. The Morgan fingerprint density at radius 2 is 1.85 bits per heavy atom. The molecule has 0 fully saturated rings. The quantitative estimate of drug-likeness (QED) is 0.857. The first-order valence-electron chi connectivity index (χ1n) is 6.85. The molecular formula is C16H17O3P. The van der Waals surface area contributed by atoms with Crippen molar-refractivity contribution < 1.29 is 14.0 Å². The molecule has 2 aromatic carbocycles. The molecule has 0 spiro atoms. The van der Waals surface area contributed by atoms with Crippen molar-refractivity contribution in [3.63, 3.8) is 0 Å². The zero-order chi connectivity index (χ0) is 14.3. The molecule has 1 aliphatic rings. The van der Waals surface area contributed by atoms with Crippen LogP contribution in [0.25, 0.3) is 11.1 Å². The second-order valence-corrected chi connectivity index (χ2v) is 6.64. The molecule has 0 aliphatic carbocycles. The maximum absolute atomic E-state index is 12.5. The largest absolute Gasteiger partial charge is 0.421 e. The van der Waals surface area contributed by atoms with Gasteiger partial charge in [-0.25, -0.2) is 4.57 Å². The standard InChI is InChI=1S/C16H17O3P/c1-3-11-9-12(4-2)16-14(10-11)13-7-5-6-8-15(13)19-20(16,17)18/h5-10H,3-4H2,1-2H3,(H,17,18). The van der Waals surface area contributed by atoms with Crippen molar-refractivity contribution in [3.8, 4) is 16.9 Å². The van der Waals surface area contributed by atoms with E-state index in [9.17, 15) is 9.46 Å². The van der Waals surface area contributed by atoms with E-state index >= 15 is 0 Å². The molecule has 0 saturated carbocycles. The first kappa shape index (κ1) is 13.4. The van der Waals surface area contributed by atoms with Crippen LogP contribution in [0.4, 0.5) is 0 Å². The van der Waals surface area contributed by atoms with Crippen LogP contribution in [-0.4, -0.2) is 4.89 Å². The van der Waals surface area contributed by atoms with E-state index in [0.717, 1.165) is 23.1 Å². The molecule has 2 aromatic rings. The van der Waals surface area contributed by atoms with Gasteiger partial charge in [-0.05, 0) is 30.0 Å². The van der Waals surface area contributed by atoms with E-state index in [1.807, 2.05) is 37.3 Å². The van der Waals surface area contributed by atoms with E-state index in [2.05, 4.69) is 6.92 Å². The Morgan fingerprint density at radius 3 is 2.55 bits per heavy atom. The van der Waals surface area contributed by atoms with Crippen LogP contribution in [0, 0.1) is 0 Å². The molecule has 3 rings (SSSR count). The molecule has 104 valence electrons. The lowest BCUT2D eigenvalue weighted by Crippen LogP contribution is -2.21. The fourth-order valence-electron chi connectivity index (χ4n) is 2.72. The van der Waals surface area contributed by atoms with Gasteiger partial charge in [-0.2, -0.15) is 0 Å². The molecule has 0 saturated heterocycles. The molecule has 1 N–H and O–H groups in total. The highest BCUT2D eigenvalue weighted by Gasteiger charge is 2.36. The topological polar surface area (TPSA) is 46.5 Å². The van der Waals surface area contributed by atoms with Crippen LogP contribution in [0.15, 0.2) is 36.4 Å². The maximum Gasteiger partial charge on any atom is 0.409 e. The Balaban J connectivity index is 2.39. The van der Waals surface area contributed by atoms with Crippen LogP contribution in [0.2, 0.25) is 0 Å². The summed E-state index contributed by atoms with van der Waals surface area (Å²) < 4.78 is 17.9. The lowest BCUT2D eigenvalue weighted by Gasteiger charge is -2.27. The minimum atomic E-state index is -3.79. The summed E-state index contributed by atoms with van der Waals surface area (Å²) in [5, 5.41) is 0.468. The Morgan fingerprint density at radius 1 is 1.10 bits per heavy atom. The van der Waals surface area contributed by atoms with E-state index < -0.39 is 7.60 Å². The van der Waals surface area contributed by atoms with E-state index in [-0.39, 0.29) is 0 Å². The van der Waals surface area contributed by atoms with Crippen LogP contribution < -0.4 is 9.83 Å². The Hall–Kier alpha value is -1.57. The average molecular weight is 288 g/mol. The molecule has 0 amide bonds. The molecule has 1 aliphatic heterocycles. The van der Waals surface area contributed by atoms with Gasteiger partial charge < -0.3 is 9.42 Å². The fraction of sp³-hybridized carbons (Fsp3) is 0.250. The second-order valence-electron chi connectivity index (χ2n) is 4.97. The predicted octanol–water partition coefficient (Wildman–Crippen LogP) is 3.68. The number of aryl methyl sites for hydroxylation is 2. The minimum Gasteiger partial charge on any atom is -0.421 e. The average Bonchev–Trinajstić information content (AvgIpc) is 2.45. The summed E-state index contributed by atoms with van der Waals surface area (Å²) in [5.41, 5.74) is 3.82. The number of rotatable bonds is 2. The second kappa shape index (κ2) is 4.76. The van der Waals surface area contributed by atoms with E-state index in [0.29, 0.717) is 17.5 Å². The molecule has 1 unspecified atom stereocenters. The molecule has 0 aromatic heterocycles. The van der Waals surface area contributed by atoms with Gasteiger partial charge in [0.25, 0.3) is 0 Å². The minimum absolute atomic E-state index is 0.468. The van der Waals surface area contributed by atoms with Crippen molar-refractivity contribution in [2.24, 2.45) is 0 Å². The van der Waals surface area contributed by atoms with Crippen molar-refractivity contribution >= 4 is 12.9 Å². The highest BCUT2D eigenvalue weighted by atomic mass is 31.2. The number of hydrogen-bond acceptors (Lipinski definition) is 2. The van der Waals surface area contributed by atoms with Gasteiger partial charge in [0.2, 0.25) is 0 Å². The Kier molecular flexibility index (Phi) is 3.19. The van der Waals surface area contributed by atoms with Crippen molar-refractivity contribution in [3.05, 3.63) is 47.5 Å². The molecule has 20 heavy (non-hydrogen) atoms. The van der Waals surface area contributed by atoms with Crippen molar-refractivity contribution in [2.45, 2.75) is 26.7 Å². The molecule has 1 heterocycles. The summed E-state index contributed by atoms with van der Waals surface area (Å²) in [6, 6.07) is 11.4. The van der Waals surface area contributed by atoms with Crippen LogP contribution in [-0.2, 0) is 17.4 Å². The van der Waals surface area contributed by atoms with Crippen LogP contribution in [0.1, 0.15) is 25.0 Å². The molecular weight excluding hydrogens is 271 g/mol. The van der Waals surface area contributed by atoms with E-state index in [1.165, 1.54) is 5.56 Å². The third-order valence-corrected chi connectivity index (χ3v) is 5.26. The predicted molar refractivity (Wildman–Crippen MR) is 80.7 cm³/mol. The van der Waals surface area contributed by atoms with Gasteiger partial charge in [-0.1, -0.05) is 44.2 Å². The van der Waals surface area contributed by atoms with Gasteiger partial charge in [0.05, 0.1) is 5.30 Å². The van der Waals surface area contributed by atoms with Gasteiger partial charge in [-0.3, -0.25) is 0 Å². The van der Waals surface area contributed by atoms with Crippen LogP contribution >= 0.6 is 7.60 Å². The zero-order valence-corrected chi connectivity index (χ0v) is 12.5. The summed E-state index contributed by atoms with van der Waals surface area (Å²) in [4.78, 5) is 10.3. The zero-order valence-electron chi connectivity index (χ0n) is 11.6. The monoisotopic (exact) mass is 288 g/mol. The smallest absolute Gasteiger partial charge is 0.409 e. The van der Waals surface area contributed by atoms with Gasteiger partial charge in [0, 0.05) is 11.1 Å². The highest BCUT2D eigenvalue weighted by Crippen LogP contribution is 2.52. The first-order chi connectivity index (χ1) is 9.56. The molecule has 3 nitrogen and oxygen atoms in total. The number of fused-ring (bicyclic) bond motifs is 3. The van der Waals surface area contributed by atoms with Gasteiger partial charge in [0.15, 0.2) is 0 Å². The third kappa shape index (κ3) is 1.98. The Labute approximate surface area is 118 Å². The highest BCUT2D eigenvalue weighted by molar-refractivity contribution is 7.62. The normalized spacial score (nSPS) is 19.9. The fourth-order valence-corrected chi connectivity index (χ4v) is 4.31. The maximum atomic E-state index is 12.5. The number of benzene rings is 2. The van der Waals surface area contributed by atoms with Crippen molar-refractivity contribution in [1.82, 2.24) is 0 Å². The molecule has 4 heteroatoms. The summed E-state index contributed by atoms with van der Waals surface area (Å²) >= 11 is 0. The van der Waals surface area contributed by atoms with Crippen molar-refractivity contribution in [2.75, 3.05) is 0 Å². The van der Waals surface area contributed by atoms with Crippen molar-refractivity contribution in [1.29, 1.82) is 0 Å². The van der Waals surface area contributed by atoms with Gasteiger partial charge in [0.1, 0.15) is 5.75 Å². The SMILES string of the molecule is CCc1cc(CC)c2c(c1)-c1ccccc1OP2(=O)O. The van der Waals surface area contributed by atoms with E-state index in [1.54, 1.807) is 6.07 Å². The summed E-state index contributed by atoms with van der Waals surface area (Å²) in [6.45, 7) is 4.08. The number of para-hydroxylation sites is 1. The van der Waals surface area contributed by atoms with Gasteiger partial charge >= 0.3 is 7.60 Å². The lowest BCUT2D eigenvalue weighted by molar-refractivity contribution is 0.392. The molecule has 0 radical (unpaired) electrons. The molecule has 1 atom stereocenters.